The van der Waals surface area contributed by atoms with Crippen molar-refractivity contribution in [1.29, 1.82) is 0 Å². The van der Waals surface area contributed by atoms with Crippen molar-refractivity contribution in [3.63, 3.8) is 0 Å². The van der Waals surface area contributed by atoms with E-state index in [1.165, 1.54) is 0 Å². The van der Waals surface area contributed by atoms with Crippen molar-refractivity contribution >= 4 is 25.7 Å². The van der Waals surface area contributed by atoms with E-state index in [1.807, 2.05) is 52.0 Å². The Bertz CT molecular complexity index is 985. The zero-order valence-corrected chi connectivity index (χ0v) is 18.1. The molecule has 11 heteroatoms. The molecule has 0 fully saturated rings. The van der Waals surface area contributed by atoms with E-state index in [2.05, 4.69) is 15.0 Å². The summed E-state index contributed by atoms with van der Waals surface area (Å²) in [5.41, 5.74) is 19.1. The van der Waals surface area contributed by atoms with Gasteiger partial charge in [-0.3, -0.25) is 4.89 Å². The molecule has 7 N–H and O–H groups in total. The van der Waals surface area contributed by atoms with Gasteiger partial charge in [-0.15, -0.1) is 0 Å². The highest BCUT2D eigenvalue weighted by Crippen LogP contribution is 2.46. The minimum atomic E-state index is -4.22. The number of rotatable bonds is 4. The van der Waals surface area contributed by atoms with Gasteiger partial charge in [-0.25, -0.2) is 4.57 Å². The summed E-state index contributed by atoms with van der Waals surface area (Å²) < 4.78 is 22.5. The van der Waals surface area contributed by atoms with Crippen molar-refractivity contribution in [3.8, 4) is 11.5 Å². The number of phosphoric ester groups is 1. The lowest BCUT2D eigenvalue weighted by Gasteiger charge is -2.16. The predicted molar refractivity (Wildman–Crippen MR) is 116 cm³/mol. The molecule has 3 rings (SSSR count). The SMILES string of the molecule is Cc1ccc(OP(=O)(O)Oc2ccc(C)cc2C)c(C)c1.Nc1nc(N)nc(N)n1. The van der Waals surface area contributed by atoms with Gasteiger partial charge in [0.2, 0.25) is 17.8 Å². The van der Waals surface area contributed by atoms with Gasteiger partial charge in [0.25, 0.3) is 0 Å². The molecule has 160 valence electrons. The van der Waals surface area contributed by atoms with E-state index >= 15 is 0 Å². The molecule has 0 saturated carbocycles. The van der Waals surface area contributed by atoms with E-state index < -0.39 is 7.82 Å². The quantitative estimate of drug-likeness (QED) is 0.449. The van der Waals surface area contributed by atoms with E-state index in [0.717, 1.165) is 22.3 Å². The van der Waals surface area contributed by atoms with Crippen LogP contribution in [0.2, 0.25) is 0 Å². The predicted octanol–water partition coefficient (Wildman–Crippen LogP) is 3.10. The normalized spacial score (nSPS) is 10.7. The summed E-state index contributed by atoms with van der Waals surface area (Å²) in [6.07, 6.45) is 0. The fourth-order valence-electron chi connectivity index (χ4n) is 2.50. The van der Waals surface area contributed by atoms with E-state index in [0.29, 0.717) is 11.5 Å². The van der Waals surface area contributed by atoms with Crippen LogP contribution in [0.1, 0.15) is 22.3 Å². The number of nitrogens with zero attached hydrogens (tertiary/aromatic N) is 3. The molecule has 3 aromatic rings. The maximum Gasteiger partial charge on any atom is 0.584 e. The molecule has 0 aliphatic carbocycles. The highest BCUT2D eigenvalue weighted by Gasteiger charge is 2.26. The molecule has 0 unspecified atom stereocenters. The Hall–Kier alpha value is -3.36. The molecule has 1 aromatic heterocycles. The Balaban J connectivity index is 0.000000297. The summed E-state index contributed by atoms with van der Waals surface area (Å²) in [6.45, 7) is 7.53. The lowest BCUT2D eigenvalue weighted by molar-refractivity contribution is 0.289. The summed E-state index contributed by atoms with van der Waals surface area (Å²) >= 11 is 0. The molecule has 0 bridgehead atoms. The van der Waals surface area contributed by atoms with Gasteiger partial charge < -0.3 is 26.2 Å². The van der Waals surface area contributed by atoms with E-state index in [4.69, 9.17) is 26.2 Å². The maximum absolute atomic E-state index is 12.1. The van der Waals surface area contributed by atoms with Crippen LogP contribution in [-0.2, 0) is 4.57 Å². The van der Waals surface area contributed by atoms with E-state index in [-0.39, 0.29) is 17.8 Å². The Labute approximate surface area is 174 Å². The van der Waals surface area contributed by atoms with Gasteiger partial charge in [-0.1, -0.05) is 35.4 Å². The number of hydrogen-bond acceptors (Lipinski definition) is 9. The highest BCUT2D eigenvalue weighted by atomic mass is 31.2. The second kappa shape index (κ2) is 9.43. The molecule has 0 amide bonds. The average molecular weight is 432 g/mol. The molecular weight excluding hydrogens is 407 g/mol. The van der Waals surface area contributed by atoms with Crippen molar-refractivity contribution in [3.05, 3.63) is 58.7 Å². The van der Waals surface area contributed by atoms with Crippen LogP contribution in [0.4, 0.5) is 17.8 Å². The van der Waals surface area contributed by atoms with Crippen molar-refractivity contribution in [2.24, 2.45) is 0 Å². The van der Waals surface area contributed by atoms with Gasteiger partial charge in [0.15, 0.2) is 0 Å². The summed E-state index contributed by atoms with van der Waals surface area (Å²) in [4.78, 5) is 20.4. The molecule has 0 spiro atoms. The van der Waals surface area contributed by atoms with Crippen LogP contribution >= 0.6 is 7.82 Å². The van der Waals surface area contributed by atoms with Gasteiger partial charge in [-0.2, -0.15) is 15.0 Å². The second-order valence-electron chi connectivity index (χ2n) is 6.60. The topological polar surface area (TPSA) is 172 Å². The third-order valence-electron chi connectivity index (χ3n) is 3.78. The Kier molecular flexibility index (Phi) is 7.20. The number of aryl methyl sites for hydroxylation is 4. The van der Waals surface area contributed by atoms with Crippen LogP contribution in [-0.4, -0.2) is 19.8 Å². The first-order chi connectivity index (χ1) is 13.9. The molecule has 30 heavy (non-hydrogen) atoms. The Morgan fingerprint density at radius 1 is 0.733 bits per heavy atom. The number of phosphoric acid groups is 1. The number of anilines is 3. The number of nitrogen functional groups attached to an aromatic ring is 3. The van der Waals surface area contributed by atoms with Gasteiger partial charge >= 0.3 is 7.82 Å². The fraction of sp³-hybridized carbons (Fsp3) is 0.211. The second-order valence-corrected chi connectivity index (χ2v) is 7.90. The number of aromatic nitrogens is 3. The van der Waals surface area contributed by atoms with E-state index in [9.17, 15) is 9.46 Å². The Morgan fingerprint density at radius 3 is 1.37 bits per heavy atom. The van der Waals surface area contributed by atoms with Gasteiger partial charge in [0, 0.05) is 0 Å². The van der Waals surface area contributed by atoms with Crippen LogP contribution in [0.15, 0.2) is 36.4 Å². The molecule has 0 aliphatic rings. The molecule has 2 aromatic carbocycles. The number of nitrogens with two attached hydrogens (primary N) is 3. The van der Waals surface area contributed by atoms with Crippen molar-refractivity contribution < 1.29 is 18.5 Å². The van der Waals surface area contributed by atoms with Crippen LogP contribution < -0.4 is 26.2 Å². The van der Waals surface area contributed by atoms with Gasteiger partial charge in [-0.05, 0) is 51.0 Å². The molecule has 0 saturated heterocycles. The summed E-state index contributed by atoms with van der Waals surface area (Å²) in [5.74, 6) is 0.812. The first-order valence-corrected chi connectivity index (χ1v) is 10.3. The summed E-state index contributed by atoms with van der Waals surface area (Å²) in [5, 5.41) is 0. The molecule has 0 aliphatic heterocycles. The molecule has 0 radical (unpaired) electrons. The van der Waals surface area contributed by atoms with Crippen molar-refractivity contribution in [1.82, 2.24) is 15.0 Å². The van der Waals surface area contributed by atoms with Crippen LogP contribution in [0, 0.1) is 27.7 Å². The first-order valence-electron chi connectivity index (χ1n) is 8.84. The Morgan fingerprint density at radius 2 is 1.07 bits per heavy atom. The zero-order valence-electron chi connectivity index (χ0n) is 17.2. The largest absolute Gasteiger partial charge is 0.584 e. The van der Waals surface area contributed by atoms with Gasteiger partial charge in [0.1, 0.15) is 11.5 Å². The highest BCUT2D eigenvalue weighted by molar-refractivity contribution is 7.48. The number of hydrogen-bond donors (Lipinski definition) is 4. The number of benzene rings is 2. The molecule has 0 atom stereocenters. The molecule has 10 nitrogen and oxygen atoms in total. The lowest BCUT2D eigenvalue weighted by atomic mass is 10.1. The van der Waals surface area contributed by atoms with E-state index in [1.54, 1.807) is 12.1 Å². The van der Waals surface area contributed by atoms with Crippen molar-refractivity contribution in [2.45, 2.75) is 27.7 Å². The summed E-state index contributed by atoms with van der Waals surface area (Å²) in [6, 6.07) is 10.7. The standard InChI is InChI=1S/C16H19O4P.C3H6N6/c1-11-5-7-15(13(3)9-11)19-21(17,18)20-16-8-6-12(2)10-14(16)4;4-1-7-2(5)9-3(6)8-1/h5-10H,1-4H3,(H,17,18);(H6,4,5,6,7,8,9). The van der Waals surface area contributed by atoms with Crippen LogP contribution in [0.5, 0.6) is 11.5 Å². The third kappa shape index (κ3) is 6.91. The zero-order chi connectivity index (χ0) is 22.5. The van der Waals surface area contributed by atoms with Crippen molar-refractivity contribution in [2.75, 3.05) is 17.2 Å². The van der Waals surface area contributed by atoms with Crippen LogP contribution in [0.3, 0.4) is 0 Å². The maximum atomic E-state index is 12.1. The van der Waals surface area contributed by atoms with Crippen LogP contribution in [0.25, 0.3) is 0 Å². The average Bonchev–Trinajstić information content (AvgIpc) is 2.59. The monoisotopic (exact) mass is 432 g/mol. The molecule has 1 heterocycles. The minimum Gasteiger partial charge on any atom is -0.395 e. The van der Waals surface area contributed by atoms with Gasteiger partial charge in [0.05, 0.1) is 0 Å². The minimum absolute atomic E-state index is 0.0417. The lowest BCUT2D eigenvalue weighted by Crippen LogP contribution is -2.05. The fourth-order valence-corrected chi connectivity index (χ4v) is 3.44. The smallest absolute Gasteiger partial charge is 0.395 e. The first kappa shape index (κ1) is 22.9. The third-order valence-corrected chi connectivity index (χ3v) is 4.63. The summed E-state index contributed by atoms with van der Waals surface area (Å²) in [7, 11) is -4.22. The molecular formula is C19H25N6O4P.